The van der Waals surface area contributed by atoms with Crippen molar-refractivity contribution in [3.63, 3.8) is 0 Å². The number of carbonyl (C=O) groups excluding carboxylic acids is 1. The molecule has 7 heteroatoms. The topological polar surface area (TPSA) is 75.7 Å². The fourth-order valence-electron chi connectivity index (χ4n) is 3.08. The SMILES string of the molecule is CCN(C(=O)c1ccc(OC)c(S(=O)(=O)NC(C)C)c1)c1ccc(C)cc1C. The van der Waals surface area contributed by atoms with Gasteiger partial charge in [-0.2, -0.15) is 0 Å². The number of methoxy groups -OCH3 is 1. The van der Waals surface area contributed by atoms with Gasteiger partial charge in [0.25, 0.3) is 5.91 Å². The highest BCUT2D eigenvalue weighted by molar-refractivity contribution is 7.89. The van der Waals surface area contributed by atoms with E-state index in [1.165, 1.54) is 19.2 Å². The number of hydrogen-bond acceptors (Lipinski definition) is 4. The number of amides is 1. The quantitative estimate of drug-likeness (QED) is 0.764. The highest BCUT2D eigenvalue weighted by Gasteiger charge is 2.24. The highest BCUT2D eigenvalue weighted by Crippen LogP contribution is 2.28. The third-order valence-corrected chi connectivity index (χ3v) is 5.98. The van der Waals surface area contributed by atoms with Gasteiger partial charge in [-0.15, -0.1) is 0 Å². The van der Waals surface area contributed by atoms with Crippen LogP contribution in [0.2, 0.25) is 0 Å². The van der Waals surface area contributed by atoms with Gasteiger partial charge in [-0.25, -0.2) is 13.1 Å². The van der Waals surface area contributed by atoms with Crippen molar-refractivity contribution in [2.45, 2.75) is 45.6 Å². The van der Waals surface area contributed by atoms with Gasteiger partial charge < -0.3 is 9.64 Å². The van der Waals surface area contributed by atoms with Crippen molar-refractivity contribution >= 4 is 21.6 Å². The van der Waals surface area contributed by atoms with Gasteiger partial charge in [-0.1, -0.05) is 17.7 Å². The average Bonchev–Trinajstić information content (AvgIpc) is 2.62. The van der Waals surface area contributed by atoms with Crippen LogP contribution in [0.15, 0.2) is 41.3 Å². The van der Waals surface area contributed by atoms with Crippen LogP contribution in [0.4, 0.5) is 5.69 Å². The fourth-order valence-corrected chi connectivity index (χ4v) is 4.53. The third kappa shape index (κ3) is 4.72. The molecule has 0 fully saturated rings. The molecule has 1 amide bonds. The second-order valence-corrected chi connectivity index (χ2v) is 8.66. The molecular weight excluding hydrogens is 376 g/mol. The summed E-state index contributed by atoms with van der Waals surface area (Å²) in [7, 11) is -2.41. The molecule has 0 spiro atoms. The monoisotopic (exact) mass is 404 g/mol. The molecule has 0 radical (unpaired) electrons. The largest absolute Gasteiger partial charge is 0.495 e. The molecule has 2 aromatic carbocycles. The van der Waals surface area contributed by atoms with E-state index in [4.69, 9.17) is 4.74 Å². The number of sulfonamides is 1. The van der Waals surface area contributed by atoms with Crippen LogP contribution in [0.3, 0.4) is 0 Å². The number of anilines is 1. The van der Waals surface area contributed by atoms with Gasteiger partial charge in [0.05, 0.1) is 7.11 Å². The van der Waals surface area contributed by atoms with Gasteiger partial charge in [0.1, 0.15) is 10.6 Å². The van der Waals surface area contributed by atoms with Crippen LogP contribution in [0, 0.1) is 13.8 Å². The Bertz CT molecular complexity index is 968. The van der Waals surface area contributed by atoms with E-state index in [-0.39, 0.29) is 28.2 Å². The van der Waals surface area contributed by atoms with Crippen LogP contribution in [0.5, 0.6) is 5.75 Å². The number of carbonyl (C=O) groups is 1. The van der Waals surface area contributed by atoms with Crippen LogP contribution in [0.1, 0.15) is 42.3 Å². The summed E-state index contributed by atoms with van der Waals surface area (Å²) in [6.45, 7) is 9.77. The van der Waals surface area contributed by atoms with Crippen molar-refractivity contribution in [2.24, 2.45) is 0 Å². The maximum atomic E-state index is 13.2. The molecule has 0 saturated carbocycles. The number of ether oxygens (including phenoxy) is 1. The van der Waals surface area contributed by atoms with E-state index in [1.807, 2.05) is 39.0 Å². The van der Waals surface area contributed by atoms with Gasteiger partial charge in [-0.3, -0.25) is 4.79 Å². The van der Waals surface area contributed by atoms with Crippen LogP contribution in [-0.4, -0.2) is 34.0 Å². The van der Waals surface area contributed by atoms with Crippen molar-refractivity contribution in [2.75, 3.05) is 18.6 Å². The highest BCUT2D eigenvalue weighted by atomic mass is 32.2. The first-order chi connectivity index (χ1) is 13.1. The number of aryl methyl sites for hydroxylation is 2. The Kier molecular flexibility index (Phi) is 6.85. The molecule has 0 saturated heterocycles. The molecule has 1 N–H and O–H groups in total. The first kappa shape index (κ1) is 21.9. The minimum Gasteiger partial charge on any atom is -0.495 e. The molecular formula is C21H28N2O4S. The lowest BCUT2D eigenvalue weighted by molar-refractivity contribution is 0.0988. The van der Waals surface area contributed by atoms with Crippen molar-refractivity contribution in [3.8, 4) is 5.75 Å². The Labute approximate surface area is 167 Å². The Morgan fingerprint density at radius 2 is 1.82 bits per heavy atom. The standard InChI is InChI=1S/C21H28N2O4S/c1-7-23(18-10-8-15(4)12-16(18)5)21(24)17-9-11-19(27-6)20(13-17)28(25,26)22-14(2)3/h8-14,22H,7H2,1-6H3. The Balaban J connectivity index is 2.51. The average molecular weight is 405 g/mol. The Hall–Kier alpha value is -2.38. The Morgan fingerprint density at radius 3 is 2.36 bits per heavy atom. The van der Waals surface area contributed by atoms with E-state index < -0.39 is 10.0 Å². The van der Waals surface area contributed by atoms with E-state index in [9.17, 15) is 13.2 Å². The van der Waals surface area contributed by atoms with Crippen molar-refractivity contribution < 1.29 is 17.9 Å². The van der Waals surface area contributed by atoms with Crippen molar-refractivity contribution in [1.82, 2.24) is 4.72 Å². The van der Waals surface area contributed by atoms with E-state index in [0.717, 1.165) is 16.8 Å². The molecule has 0 aromatic heterocycles. The van der Waals surface area contributed by atoms with E-state index >= 15 is 0 Å². The summed E-state index contributed by atoms with van der Waals surface area (Å²) in [4.78, 5) is 14.8. The fraction of sp³-hybridized carbons (Fsp3) is 0.381. The van der Waals surface area contributed by atoms with Gasteiger partial charge in [0.15, 0.2) is 0 Å². The maximum Gasteiger partial charge on any atom is 0.258 e. The number of nitrogens with one attached hydrogen (secondary N) is 1. The minimum absolute atomic E-state index is 0.0498. The summed E-state index contributed by atoms with van der Waals surface area (Å²) in [6, 6.07) is 10.1. The zero-order valence-electron chi connectivity index (χ0n) is 17.2. The Morgan fingerprint density at radius 1 is 1.14 bits per heavy atom. The van der Waals surface area contributed by atoms with Crippen LogP contribution in [0.25, 0.3) is 0 Å². The first-order valence-electron chi connectivity index (χ1n) is 9.20. The van der Waals surface area contributed by atoms with E-state index in [2.05, 4.69) is 4.72 Å². The first-order valence-corrected chi connectivity index (χ1v) is 10.7. The molecule has 0 heterocycles. The normalized spacial score (nSPS) is 11.5. The number of benzene rings is 2. The zero-order valence-corrected chi connectivity index (χ0v) is 18.1. The van der Waals surface area contributed by atoms with E-state index in [1.54, 1.807) is 24.8 Å². The van der Waals surface area contributed by atoms with Crippen LogP contribution < -0.4 is 14.4 Å². The predicted octanol–water partition coefficient (Wildman–Crippen LogP) is 3.67. The molecule has 0 bridgehead atoms. The molecule has 0 aliphatic carbocycles. The van der Waals surface area contributed by atoms with E-state index in [0.29, 0.717) is 6.54 Å². The van der Waals surface area contributed by atoms with Gasteiger partial charge in [-0.05, 0) is 64.4 Å². The summed E-state index contributed by atoms with van der Waals surface area (Å²) in [6.07, 6.45) is 0. The molecule has 0 aliphatic heterocycles. The summed E-state index contributed by atoms with van der Waals surface area (Å²) in [5.74, 6) is -0.0719. The summed E-state index contributed by atoms with van der Waals surface area (Å²) in [5, 5.41) is 0. The summed E-state index contributed by atoms with van der Waals surface area (Å²) < 4.78 is 33.1. The second-order valence-electron chi connectivity index (χ2n) is 6.98. The zero-order chi connectivity index (χ0) is 21.1. The number of rotatable bonds is 7. The molecule has 0 atom stereocenters. The van der Waals surface area contributed by atoms with Crippen molar-refractivity contribution in [1.29, 1.82) is 0 Å². The summed E-state index contributed by atoms with van der Waals surface area (Å²) >= 11 is 0. The molecule has 2 rings (SSSR count). The third-order valence-electron chi connectivity index (χ3n) is 4.30. The van der Waals surface area contributed by atoms with Crippen molar-refractivity contribution in [3.05, 3.63) is 53.1 Å². The molecule has 0 aliphatic rings. The smallest absolute Gasteiger partial charge is 0.258 e. The molecule has 152 valence electrons. The lowest BCUT2D eigenvalue weighted by Gasteiger charge is -2.24. The van der Waals surface area contributed by atoms with Gasteiger partial charge in [0.2, 0.25) is 10.0 Å². The second kappa shape index (κ2) is 8.75. The maximum absolute atomic E-state index is 13.2. The lowest BCUT2D eigenvalue weighted by atomic mass is 10.1. The van der Waals surface area contributed by atoms with Crippen LogP contribution in [-0.2, 0) is 10.0 Å². The molecule has 28 heavy (non-hydrogen) atoms. The predicted molar refractivity (Wildman–Crippen MR) is 112 cm³/mol. The molecule has 6 nitrogen and oxygen atoms in total. The number of hydrogen-bond donors (Lipinski definition) is 1. The van der Waals surface area contributed by atoms with Gasteiger partial charge in [0, 0.05) is 23.8 Å². The van der Waals surface area contributed by atoms with Crippen LogP contribution >= 0.6 is 0 Å². The lowest BCUT2D eigenvalue weighted by Crippen LogP contribution is -2.32. The molecule has 0 unspecified atom stereocenters. The minimum atomic E-state index is -3.81. The summed E-state index contributed by atoms with van der Waals surface area (Å²) in [5.41, 5.74) is 3.19. The van der Waals surface area contributed by atoms with Gasteiger partial charge >= 0.3 is 0 Å². The molecule has 2 aromatic rings. The number of nitrogens with zero attached hydrogens (tertiary/aromatic N) is 1.